The van der Waals surface area contributed by atoms with Crippen LogP contribution in [0.25, 0.3) is 0 Å². The van der Waals surface area contributed by atoms with Crippen LogP contribution in [0.3, 0.4) is 0 Å². The van der Waals surface area contributed by atoms with Crippen LogP contribution in [0.5, 0.6) is 5.75 Å². The van der Waals surface area contributed by atoms with Crippen LogP contribution in [-0.2, 0) is 33.8 Å². The molecule has 38 heavy (non-hydrogen) atoms. The van der Waals surface area contributed by atoms with Crippen molar-refractivity contribution in [2.45, 2.75) is 58.4 Å². The van der Waals surface area contributed by atoms with Crippen molar-refractivity contribution in [3.63, 3.8) is 0 Å². The summed E-state index contributed by atoms with van der Waals surface area (Å²) in [6.45, 7) is 9.59. The number of aryl methyl sites for hydroxylation is 2. The summed E-state index contributed by atoms with van der Waals surface area (Å²) < 4.78 is 30.0. The Balaban J connectivity index is 0.000000638. The minimum Gasteiger partial charge on any atom is -0.550 e. The van der Waals surface area contributed by atoms with Gasteiger partial charge in [-0.05, 0) is 50.5 Å². The molecule has 0 aliphatic carbocycles. The first-order chi connectivity index (χ1) is 18.2. The van der Waals surface area contributed by atoms with E-state index in [1.165, 1.54) is 11.6 Å². The highest BCUT2D eigenvalue weighted by molar-refractivity contribution is 5.87. The quantitative estimate of drug-likeness (QED) is 0.196. The fraction of sp³-hybridized carbons (Fsp3) is 0.345. The lowest BCUT2D eigenvalue weighted by molar-refractivity contribution is -0.704. The molecule has 0 aliphatic rings. The number of halogens is 1. The van der Waals surface area contributed by atoms with Crippen LogP contribution in [0.4, 0.5) is 4.39 Å². The first kappa shape index (κ1) is 30.2. The smallest absolute Gasteiger partial charge is 0.309 e. The Morgan fingerprint density at radius 1 is 1.18 bits per heavy atom. The van der Waals surface area contributed by atoms with Crippen LogP contribution < -0.4 is 14.4 Å². The Labute approximate surface area is 222 Å². The molecule has 2 aromatic carbocycles. The highest BCUT2D eigenvalue weighted by Gasteiger charge is 2.19. The topological polar surface area (TPSA) is 105 Å². The first-order valence-corrected chi connectivity index (χ1v) is 12.4. The number of hydrogen-bond acceptors (Lipinski definition) is 5. The molecular weight excluding hydrogens is 491 g/mol. The number of carbonyl (C=O) groups excluding carboxylic acids is 1. The molecule has 0 radical (unpaired) electrons. The van der Waals surface area contributed by atoms with Crippen molar-refractivity contribution in [3.8, 4) is 5.75 Å². The number of aliphatic carboxylic acids is 2. The number of ether oxygens (including phenoxy) is 2. The van der Waals surface area contributed by atoms with E-state index in [1.807, 2.05) is 55.3 Å². The van der Waals surface area contributed by atoms with Crippen molar-refractivity contribution < 1.29 is 38.2 Å². The molecule has 1 N–H and O–H groups in total. The van der Waals surface area contributed by atoms with E-state index < -0.39 is 18.4 Å². The van der Waals surface area contributed by atoms with Gasteiger partial charge < -0.3 is 24.5 Å². The summed E-state index contributed by atoms with van der Waals surface area (Å²) in [5.74, 6) is -2.28. The van der Waals surface area contributed by atoms with Gasteiger partial charge in [-0.25, -0.2) is 13.5 Å². The number of benzene rings is 2. The normalized spacial score (nSPS) is 11.4. The monoisotopic (exact) mass is 526 g/mol. The maximum absolute atomic E-state index is 14.3. The van der Waals surface area contributed by atoms with Gasteiger partial charge in [0.05, 0.1) is 31.6 Å². The second kappa shape index (κ2) is 16.0. The predicted octanol–water partition coefficient (Wildman–Crippen LogP) is 3.49. The molecule has 0 bridgehead atoms. The average molecular weight is 527 g/mol. The second-order valence-corrected chi connectivity index (χ2v) is 8.84. The summed E-state index contributed by atoms with van der Waals surface area (Å²) in [6.07, 6.45) is 8.71. The molecule has 1 heterocycles. The summed E-state index contributed by atoms with van der Waals surface area (Å²) in [6, 6.07) is 15.1. The van der Waals surface area contributed by atoms with Gasteiger partial charge in [-0.2, -0.15) is 0 Å². The van der Waals surface area contributed by atoms with Gasteiger partial charge in [0.2, 0.25) is 6.33 Å². The fourth-order valence-corrected chi connectivity index (χ4v) is 3.63. The Bertz CT molecular complexity index is 1150. The van der Waals surface area contributed by atoms with Crippen LogP contribution in [-0.4, -0.2) is 34.3 Å². The average Bonchev–Trinajstić information content (AvgIpc) is 3.29. The fourth-order valence-electron chi connectivity index (χ4n) is 3.63. The first-order valence-electron chi connectivity index (χ1n) is 12.4. The van der Waals surface area contributed by atoms with Crippen LogP contribution in [0.15, 0.2) is 79.9 Å². The summed E-state index contributed by atoms with van der Waals surface area (Å²) in [4.78, 5) is 18.7. The minimum atomic E-state index is -1.56. The lowest BCUT2D eigenvalue weighted by Crippen LogP contribution is -2.36. The van der Waals surface area contributed by atoms with Gasteiger partial charge in [0.25, 0.3) is 0 Å². The van der Waals surface area contributed by atoms with Crippen molar-refractivity contribution in [1.82, 2.24) is 4.57 Å². The van der Waals surface area contributed by atoms with Gasteiger partial charge in [0.1, 0.15) is 36.6 Å². The SMILES string of the molecule is C=CCOC(C[n+]1ccn(CCCc2ccc(OC(C)C)cc2)c1)c1ccccc1F.O=C([O-])CC(=O)O. The van der Waals surface area contributed by atoms with E-state index in [-0.39, 0.29) is 18.0 Å². The molecule has 8 nitrogen and oxygen atoms in total. The molecule has 204 valence electrons. The van der Waals surface area contributed by atoms with Crippen molar-refractivity contribution in [1.29, 1.82) is 0 Å². The minimum absolute atomic E-state index is 0.187. The number of rotatable bonds is 14. The summed E-state index contributed by atoms with van der Waals surface area (Å²) in [5.41, 5.74) is 1.86. The van der Waals surface area contributed by atoms with E-state index in [9.17, 15) is 19.1 Å². The Morgan fingerprint density at radius 3 is 2.47 bits per heavy atom. The molecule has 0 amide bonds. The molecule has 0 aliphatic heterocycles. The van der Waals surface area contributed by atoms with Crippen molar-refractivity contribution in [2.75, 3.05) is 6.61 Å². The molecule has 0 saturated heterocycles. The third-order valence-corrected chi connectivity index (χ3v) is 5.26. The summed E-state index contributed by atoms with van der Waals surface area (Å²) >= 11 is 0. The zero-order chi connectivity index (χ0) is 27.9. The number of carboxylic acid groups (broad SMARTS) is 2. The Morgan fingerprint density at radius 2 is 1.89 bits per heavy atom. The van der Waals surface area contributed by atoms with Gasteiger partial charge in [-0.1, -0.05) is 36.4 Å². The maximum Gasteiger partial charge on any atom is 0.309 e. The molecular formula is C29H35FN2O6. The molecule has 3 rings (SSSR count). The number of nitrogens with zero attached hydrogens (tertiary/aromatic N) is 2. The van der Waals surface area contributed by atoms with Crippen molar-refractivity contribution in [3.05, 3.63) is 96.9 Å². The number of hydrogen-bond donors (Lipinski definition) is 1. The summed E-state index contributed by atoms with van der Waals surface area (Å²) in [5, 5.41) is 17.0. The lowest BCUT2D eigenvalue weighted by Gasteiger charge is -2.16. The van der Waals surface area contributed by atoms with Gasteiger partial charge >= 0.3 is 5.97 Å². The Hall–Kier alpha value is -3.98. The zero-order valence-electron chi connectivity index (χ0n) is 21.8. The molecule has 0 fully saturated rings. The van der Waals surface area contributed by atoms with Crippen molar-refractivity contribution in [2.24, 2.45) is 0 Å². The van der Waals surface area contributed by atoms with E-state index >= 15 is 0 Å². The van der Waals surface area contributed by atoms with Crippen LogP contribution >= 0.6 is 0 Å². The van der Waals surface area contributed by atoms with Gasteiger partial charge in [0, 0.05) is 5.56 Å². The number of aromatic nitrogens is 2. The van der Waals surface area contributed by atoms with E-state index in [1.54, 1.807) is 18.2 Å². The predicted molar refractivity (Wildman–Crippen MR) is 138 cm³/mol. The van der Waals surface area contributed by atoms with Crippen molar-refractivity contribution >= 4 is 11.9 Å². The van der Waals surface area contributed by atoms with Gasteiger partial charge in [-0.15, -0.1) is 6.58 Å². The zero-order valence-corrected chi connectivity index (χ0v) is 21.8. The van der Waals surface area contributed by atoms with Crippen LogP contribution in [0.2, 0.25) is 0 Å². The highest BCUT2D eigenvalue weighted by atomic mass is 19.1. The summed E-state index contributed by atoms with van der Waals surface area (Å²) in [7, 11) is 0. The standard InChI is InChI=1S/C26H32FN2O2.C3H4O4/c1-4-18-30-26(24-9-5-6-10-25(24)27)19-29-17-16-28(20-29)15-7-8-22-11-13-23(14-12-22)31-21(2)3;4-2(5)1-3(6)7/h4-6,9-14,16-17,20-21,26H,1,7-8,15,18-19H2,2-3H3;1H2,(H,4,5)(H,6,7)/q+1;/p-1. The van der Waals surface area contributed by atoms with E-state index in [4.69, 9.17) is 14.6 Å². The number of carboxylic acids is 2. The molecule has 9 heteroatoms. The Kier molecular flexibility index (Phi) is 12.7. The van der Waals surface area contributed by atoms with Crippen LogP contribution in [0.1, 0.15) is 43.9 Å². The molecule has 1 aromatic heterocycles. The van der Waals surface area contributed by atoms with E-state index in [0.29, 0.717) is 18.7 Å². The second-order valence-electron chi connectivity index (χ2n) is 8.84. The van der Waals surface area contributed by atoms with Crippen LogP contribution in [0, 0.1) is 5.82 Å². The molecule has 0 spiro atoms. The van der Waals surface area contributed by atoms with E-state index in [0.717, 1.165) is 25.1 Å². The number of imidazole rings is 1. The lowest BCUT2D eigenvalue weighted by atomic mass is 10.1. The molecule has 3 aromatic rings. The third kappa shape index (κ3) is 11.4. The molecule has 1 unspecified atom stereocenters. The van der Waals surface area contributed by atoms with E-state index in [2.05, 4.69) is 23.3 Å². The largest absolute Gasteiger partial charge is 0.550 e. The molecule has 0 saturated carbocycles. The third-order valence-electron chi connectivity index (χ3n) is 5.26. The number of carbonyl (C=O) groups is 2. The van der Waals surface area contributed by atoms with Gasteiger partial charge in [0.15, 0.2) is 0 Å². The van der Waals surface area contributed by atoms with Gasteiger partial charge in [-0.3, -0.25) is 4.79 Å². The molecule has 1 atom stereocenters. The maximum atomic E-state index is 14.3. The highest BCUT2D eigenvalue weighted by Crippen LogP contribution is 2.21.